The Bertz CT molecular complexity index is 1100. The van der Waals surface area contributed by atoms with E-state index in [-0.39, 0.29) is 23.8 Å². The highest BCUT2D eigenvalue weighted by molar-refractivity contribution is 5.98. The summed E-state index contributed by atoms with van der Waals surface area (Å²) in [4.78, 5) is 29.3. The minimum Gasteiger partial charge on any atom is -0.346 e. The molecule has 32 heavy (non-hydrogen) atoms. The summed E-state index contributed by atoms with van der Waals surface area (Å²) in [6.45, 7) is 3.47. The Morgan fingerprint density at radius 2 is 1.78 bits per heavy atom. The second-order valence-electron chi connectivity index (χ2n) is 8.00. The van der Waals surface area contributed by atoms with E-state index < -0.39 is 0 Å². The van der Waals surface area contributed by atoms with Crippen LogP contribution < -0.4 is 10.2 Å². The van der Waals surface area contributed by atoms with E-state index in [1.165, 1.54) is 12.1 Å². The maximum Gasteiger partial charge on any atom is 0.324 e. The van der Waals surface area contributed by atoms with E-state index in [1.807, 2.05) is 49.4 Å². The lowest BCUT2D eigenvalue weighted by atomic mass is 10.1. The lowest BCUT2D eigenvalue weighted by molar-refractivity contribution is 0.0940. The maximum atomic E-state index is 13.5. The molecule has 6 heteroatoms. The van der Waals surface area contributed by atoms with Crippen LogP contribution >= 0.6 is 0 Å². The van der Waals surface area contributed by atoms with Gasteiger partial charge in [-0.15, -0.1) is 0 Å². The molecule has 1 fully saturated rings. The molecule has 1 heterocycles. The molecule has 0 aliphatic carbocycles. The van der Waals surface area contributed by atoms with Crippen LogP contribution in [0.3, 0.4) is 0 Å². The zero-order valence-electron chi connectivity index (χ0n) is 18.0. The molecule has 0 unspecified atom stereocenters. The molecule has 0 bridgehead atoms. The predicted molar refractivity (Wildman–Crippen MR) is 123 cm³/mol. The van der Waals surface area contributed by atoms with Crippen molar-refractivity contribution in [2.24, 2.45) is 0 Å². The van der Waals surface area contributed by atoms with Crippen LogP contribution in [0.4, 0.5) is 14.9 Å². The van der Waals surface area contributed by atoms with E-state index >= 15 is 0 Å². The van der Waals surface area contributed by atoms with E-state index in [4.69, 9.17) is 0 Å². The van der Waals surface area contributed by atoms with Crippen molar-refractivity contribution in [3.05, 3.63) is 101 Å². The Hall–Kier alpha value is -3.67. The Kier molecular flexibility index (Phi) is 6.50. The summed E-state index contributed by atoms with van der Waals surface area (Å²) in [5.41, 5.74) is 2.96. The van der Waals surface area contributed by atoms with Gasteiger partial charge in [-0.25, -0.2) is 9.18 Å². The number of hydrogen-bond acceptors (Lipinski definition) is 2. The van der Waals surface area contributed by atoms with E-state index in [0.717, 1.165) is 17.5 Å². The van der Waals surface area contributed by atoms with Crippen LogP contribution in [0.5, 0.6) is 0 Å². The van der Waals surface area contributed by atoms with Crippen LogP contribution in [0.2, 0.25) is 0 Å². The van der Waals surface area contributed by atoms with E-state index in [2.05, 4.69) is 5.32 Å². The lowest BCUT2D eigenvalue weighted by Crippen LogP contribution is -2.49. The van der Waals surface area contributed by atoms with Crippen molar-refractivity contribution >= 4 is 17.6 Å². The zero-order valence-corrected chi connectivity index (χ0v) is 18.0. The number of benzene rings is 3. The molecule has 164 valence electrons. The van der Waals surface area contributed by atoms with Gasteiger partial charge in [-0.1, -0.05) is 48.5 Å². The summed E-state index contributed by atoms with van der Waals surface area (Å²) in [5.74, 6) is -0.503. The molecule has 4 rings (SSSR count). The quantitative estimate of drug-likeness (QED) is 0.587. The van der Waals surface area contributed by atoms with Crippen LogP contribution in [0.25, 0.3) is 0 Å². The van der Waals surface area contributed by atoms with Crippen LogP contribution in [-0.4, -0.2) is 29.9 Å². The number of carbonyl (C=O) groups excluding carboxylic acids is 2. The Labute approximate surface area is 187 Å². The molecule has 0 radical (unpaired) electrons. The highest BCUT2D eigenvalue weighted by atomic mass is 19.1. The van der Waals surface area contributed by atoms with Gasteiger partial charge >= 0.3 is 6.03 Å². The van der Waals surface area contributed by atoms with Crippen molar-refractivity contribution in [3.8, 4) is 0 Å². The molecule has 3 aromatic rings. The van der Waals surface area contributed by atoms with Crippen molar-refractivity contribution in [3.63, 3.8) is 0 Å². The topological polar surface area (TPSA) is 52.7 Å². The summed E-state index contributed by atoms with van der Waals surface area (Å²) in [7, 11) is 0. The van der Waals surface area contributed by atoms with Gasteiger partial charge in [0.05, 0.1) is 6.04 Å². The fourth-order valence-corrected chi connectivity index (χ4v) is 3.94. The molecule has 0 saturated carbocycles. The number of nitrogens with zero attached hydrogens (tertiary/aromatic N) is 2. The number of amides is 3. The molecule has 1 atom stereocenters. The maximum absolute atomic E-state index is 13.5. The number of anilines is 1. The van der Waals surface area contributed by atoms with Gasteiger partial charge in [0.2, 0.25) is 0 Å². The summed E-state index contributed by atoms with van der Waals surface area (Å²) < 4.78 is 13.5. The molecule has 1 saturated heterocycles. The number of urea groups is 1. The summed E-state index contributed by atoms with van der Waals surface area (Å²) in [5, 5.41) is 3.01. The fraction of sp³-hybridized carbons (Fsp3) is 0.231. The number of hydrogen-bond donors (Lipinski definition) is 1. The lowest BCUT2D eigenvalue weighted by Gasteiger charge is -2.36. The first-order chi connectivity index (χ1) is 15.5. The molecule has 1 aliphatic heterocycles. The van der Waals surface area contributed by atoms with E-state index in [0.29, 0.717) is 30.9 Å². The van der Waals surface area contributed by atoms with Crippen molar-refractivity contribution in [1.29, 1.82) is 0 Å². The number of carbonyl (C=O) groups is 2. The van der Waals surface area contributed by atoms with E-state index in [1.54, 1.807) is 34.1 Å². The molecule has 5 nitrogen and oxygen atoms in total. The second kappa shape index (κ2) is 9.64. The third-order valence-corrected chi connectivity index (χ3v) is 5.64. The first kappa shape index (κ1) is 21.6. The number of nitrogens with one attached hydrogen (secondary N) is 1. The Balaban J connectivity index is 1.47. The number of halogens is 1. The zero-order chi connectivity index (χ0) is 22.5. The molecule has 0 aromatic heterocycles. The molecule has 0 spiro atoms. The average Bonchev–Trinajstić information content (AvgIpc) is 2.81. The second-order valence-corrected chi connectivity index (χ2v) is 8.00. The summed E-state index contributed by atoms with van der Waals surface area (Å²) in [6.07, 6.45) is 0.794. The van der Waals surface area contributed by atoms with Crippen LogP contribution in [0.15, 0.2) is 78.9 Å². The van der Waals surface area contributed by atoms with Crippen molar-refractivity contribution in [2.75, 3.05) is 18.0 Å². The number of rotatable bonds is 6. The van der Waals surface area contributed by atoms with Gasteiger partial charge in [0.1, 0.15) is 5.82 Å². The van der Waals surface area contributed by atoms with Gasteiger partial charge in [0.15, 0.2) is 0 Å². The molecular weight excluding hydrogens is 405 g/mol. The largest absolute Gasteiger partial charge is 0.346 e. The van der Waals surface area contributed by atoms with Crippen LogP contribution in [-0.2, 0) is 6.54 Å². The normalized spacial score (nSPS) is 14.9. The predicted octanol–water partition coefficient (Wildman–Crippen LogP) is 5.15. The molecule has 1 aliphatic rings. The van der Waals surface area contributed by atoms with Crippen LogP contribution in [0, 0.1) is 5.82 Å². The Morgan fingerprint density at radius 1 is 1.00 bits per heavy atom. The third-order valence-electron chi connectivity index (χ3n) is 5.64. The van der Waals surface area contributed by atoms with Gasteiger partial charge in [-0.3, -0.25) is 9.69 Å². The van der Waals surface area contributed by atoms with Gasteiger partial charge < -0.3 is 10.2 Å². The summed E-state index contributed by atoms with van der Waals surface area (Å²) in [6, 6.07) is 22.9. The smallest absolute Gasteiger partial charge is 0.324 e. The van der Waals surface area contributed by atoms with Gasteiger partial charge in [0, 0.05) is 30.9 Å². The van der Waals surface area contributed by atoms with Crippen molar-refractivity contribution < 1.29 is 14.0 Å². The minimum atomic E-state index is -0.313. The third kappa shape index (κ3) is 4.97. The molecular formula is C26H26FN3O2. The molecule has 1 N–H and O–H groups in total. The molecule has 3 aromatic carbocycles. The van der Waals surface area contributed by atoms with E-state index in [9.17, 15) is 14.0 Å². The Morgan fingerprint density at radius 3 is 2.56 bits per heavy atom. The summed E-state index contributed by atoms with van der Waals surface area (Å²) >= 11 is 0. The standard InChI is InChI=1S/C26H26FN3O2/c1-19(21-9-3-2-4-10-21)28-25(31)22-11-6-13-24(17-22)30-15-7-14-29(26(30)32)18-20-8-5-12-23(27)16-20/h2-6,8-13,16-17,19H,7,14-15,18H2,1H3,(H,28,31)/t19-/m0/s1. The average molecular weight is 432 g/mol. The first-order valence-electron chi connectivity index (χ1n) is 10.8. The van der Waals surface area contributed by atoms with Crippen LogP contribution in [0.1, 0.15) is 40.9 Å². The van der Waals surface area contributed by atoms with Gasteiger partial charge in [0.25, 0.3) is 5.91 Å². The highest BCUT2D eigenvalue weighted by Gasteiger charge is 2.27. The highest BCUT2D eigenvalue weighted by Crippen LogP contribution is 2.23. The molecule has 3 amide bonds. The minimum absolute atomic E-state index is 0.134. The first-order valence-corrected chi connectivity index (χ1v) is 10.8. The van der Waals surface area contributed by atoms with Gasteiger partial charge in [-0.2, -0.15) is 0 Å². The SMILES string of the molecule is C[C@H](NC(=O)c1cccc(N2CCCN(Cc3cccc(F)c3)C2=O)c1)c1ccccc1. The monoisotopic (exact) mass is 431 g/mol. The van der Waals surface area contributed by atoms with Crippen molar-refractivity contribution in [2.45, 2.75) is 25.9 Å². The van der Waals surface area contributed by atoms with Crippen molar-refractivity contribution in [1.82, 2.24) is 10.2 Å². The fourth-order valence-electron chi connectivity index (χ4n) is 3.94. The van der Waals surface area contributed by atoms with Gasteiger partial charge in [-0.05, 0) is 54.8 Å².